The highest BCUT2D eigenvalue weighted by Crippen LogP contribution is 2.23. The quantitative estimate of drug-likeness (QED) is 0.392. The zero-order chi connectivity index (χ0) is 17.6. The lowest BCUT2D eigenvalue weighted by molar-refractivity contribution is -0.384. The molecule has 0 unspecified atom stereocenters. The fourth-order valence-corrected chi connectivity index (χ4v) is 3.34. The molecule has 0 saturated carbocycles. The number of rotatable bonds is 5. The molecule has 8 heteroatoms. The van der Waals surface area contributed by atoms with Gasteiger partial charge in [-0.15, -0.1) is 11.3 Å². The summed E-state index contributed by atoms with van der Waals surface area (Å²) >= 11 is 6.73. The summed E-state index contributed by atoms with van der Waals surface area (Å²) in [6, 6.07) is 16.2. The second kappa shape index (κ2) is 7.82. The molecule has 0 fully saturated rings. The molecule has 3 rings (SSSR count). The molecule has 2 N–H and O–H groups in total. The van der Waals surface area contributed by atoms with Crippen LogP contribution in [0.25, 0.3) is 0 Å². The summed E-state index contributed by atoms with van der Waals surface area (Å²) in [6.07, 6.45) is 2.33. The second-order valence-corrected chi connectivity index (χ2v) is 6.70. The predicted molar refractivity (Wildman–Crippen MR) is 104 cm³/mol. The summed E-state index contributed by atoms with van der Waals surface area (Å²) in [5.41, 5.74) is 1.86. The predicted octanol–water partition coefficient (Wildman–Crippen LogP) is 4.45. The van der Waals surface area contributed by atoms with Gasteiger partial charge < -0.3 is 10.6 Å². The monoisotopic (exact) mass is 370 g/mol. The van der Waals surface area contributed by atoms with Crippen molar-refractivity contribution in [3.05, 3.63) is 81.3 Å². The van der Waals surface area contributed by atoms with E-state index in [1.807, 2.05) is 36.4 Å². The van der Waals surface area contributed by atoms with E-state index in [0.717, 1.165) is 16.1 Å². The van der Waals surface area contributed by atoms with Crippen molar-refractivity contribution in [3.8, 4) is 0 Å². The number of non-ortho nitro benzene ring substituents is 1. The van der Waals surface area contributed by atoms with Crippen LogP contribution in [0.1, 0.15) is 10.4 Å². The van der Waals surface area contributed by atoms with Gasteiger partial charge >= 0.3 is 0 Å². The number of thiazole rings is 1. The van der Waals surface area contributed by atoms with Crippen LogP contribution in [0.15, 0.2) is 60.8 Å². The number of aromatic nitrogens is 1. The number of hydrogen-bond donors (Lipinski definition) is 2. The molecule has 1 aromatic heterocycles. The molecule has 0 aliphatic heterocycles. The molecule has 0 atom stereocenters. The van der Waals surface area contributed by atoms with Gasteiger partial charge in [0.25, 0.3) is 5.69 Å². The van der Waals surface area contributed by atoms with Crippen molar-refractivity contribution < 1.29 is 4.92 Å². The largest absolute Gasteiger partial charge is 0.332 e. The highest BCUT2D eigenvalue weighted by molar-refractivity contribution is 7.80. The van der Waals surface area contributed by atoms with Crippen LogP contribution in [0.2, 0.25) is 0 Å². The van der Waals surface area contributed by atoms with Gasteiger partial charge in [-0.1, -0.05) is 30.3 Å². The van der Waals surface area contributed by atoms with Gasteiger partial charge in [0.15, 0.2) is 10.2 Å². The number of benzene rings is 2. The van der Waals surface area contributed by atoms with Gasteiger partial charge in [-0.3, -0.25) is 10.1 Å². The van der Waals surface area contributed by atoms with E-state index in [4.69, 9.17) is 12.2 Å². The lowest BCUT2D eigenvalue weighted by Crippen LogP contribution is -2.18. The van der Waals surface area contributed by atoms with Gasteiger partial charge in [0.05, 0.1) is 4.92 Å². The molecular formula is C17H14N4O2S2. The van der Waals surface area contributed by atoms with E-state index in [9.17, 15) is 10.1 Å². The smallest absolute Gasteiger partial charge is 0.269 e. The highest BCUT2D eigenvalue weighted by atomic mass is 32.1. The molecule has 2 aromatic carbocycles. The molecule has 1 heterocycles. The molecule has 0 amide bonds. The van der Waals surface area contributed by atoms with Crippen LogP contribution in [-0.4, -0.2) is 15.0 Å². The van der Waals surface area contributed by atoms with Gasteiger partial charge in [0.2, 0.25) is 0 Å². The average molecular weight is 370 g/mol. The molecule has 0 saturated heterocycles. The molecule has 0 radical (unpaired) electrons. The third-order valence-electron chi connectivity index (χ3n) is 3.31. The van der Waals surface area contributed by atoms with Crippen molar-refractivity contribution in [2.24, 2.45) is 0 Å². The van der Waals surface area contributed by atoms with E-state index in [-0.39, 0.29) is 5.69 Å². The van der Waals surface area contributed by atoms with Crippen LogP contribution in [0.5, 0.6) is 0 Å². The number of nitro groups is 1. The molecule has 0 bridgehead atoms. The van der Waals surface area contributed by atoms with Gasteiger partial charge in [0, 0.05) is 35.3 Å². The van der Waals surface area contributed by atoms with Gasteiger partial charge in [-0.2, -0.15) is 0 Å². The van der Waals surface area contributed by atoms with Crippen molar-refractivity contribution in [1.82, 2.24) is 4.98 Å². The second-order valence-electron chi connectivity index (χ2n) is 5.18. The molecule has 0 spiro atoms. The maximum atomic E-state index is 10.8. The minimum atomic E-state index is -0.392. The first-order valence-corrected chi connectivity index (χ1v) is 8.64. The standard InChI is InChI=1S/C17H14N4O2S2/c22-21(23)14-8-4-5-12(9-14)10-15-11-18-17(25-15)20-16(24)19-13-6-2-1-3-7-13/h1-9,11H,10H2,(H2,18,19,20,24). The fraction of sp³-hybridized carbons (Fsp3) is 0.0588. The molecule has 0 aliphatic carbocycles. The van der Waals surface area contributed by atoms with E-state index in [1.54, 1.807) is 18.3 Å². The number of anilines is 2. The number of thiocarbonyl (C=S) groups is 1. The van der Waals surface area contributed by atoms with Gasteiger partial charge in [-0.05, 0) is 29.9 Å². The molecule has 6 nitrogen and oxygen atoms in total. The molecule has 25 heavy (non-hydrogen) atoms. The maximum absolute atomic E-state index is 10.8. The summed E-state index contributed by atoms with van der Waals surface area (Å²) in [7, 11) is 0. The summed E-state index contributed by atoms with van der Waals surface area (Å²) in [6.45, 7) is 0. The average Bonchev–Trinajstić information content (AvgIpc) is 3.02. The zero-order valence-electron chi connectivity index (χ0n) is 13.0. The van der Waals surface area contributed by atoms with E-state index >= 15 is 0 Å². The Balaban J connectivity index is 1.61. The maximum Gasteiger partial charge on any atom is 0.269 e. The Kier molecular flexibility index (Phi) is 5.32. The van der Waals surface area contributed by atoms with Crippen molar-refractivity contribution >= 4 is 45.2 Å². The normalized spacial score (nSPS) is 10.2. The first-order valence-electron chi connectivity index (χ1n) is 7.41. The Labute approximate surface area is 153 Å². The zero-order valence-corrected chi connectivity index (χ0v) is 14.6. The van der Waals surface area contributed by atoms with Crippen LogP contribution in [0.3, 0.4) is 0 Å². The van der Waals surface area contributed by atoms with Crippen molar-refractivity contribution in [2.75, 3.05) is 10.6 Å². The summed E-state index contributed by atoms with van der Waals surface area (Å²) in [4.78, 5) is 15.7. The summed E-state index contributed by atoms with van der Waals surface area (Å²) < 4.78 is 0. The molecule has 0 aliphatic rings. The van der Waals surface area contributed by atoms with Crippen LogP contribution in [-0.2, 0) is 6.42 Å². The Hall–Kier alpha value is -2.84. The summed E-state index contributed by atoms with van der Waals surface area (Å²) in [5, 5.41) is 18.1. The Bertz CT molecular complexity index is 896. The van der Waals surface area contributed by atoms with E-state index in [1.165, 1.54) is 17.4 Å². The minimum Gasteiger partial charge on any atom is -0.332 e. The van der Waals surface area contributed by atoms with Crippen LogP contribution in [0, 0.1) is 10.1 Å². The minimum absolute atomic E-state index is 0.0913. The fourth-order valence-electron chi connectivity index (χ4n) is 2.21. The topological polar surface area (TPSA) is 80.1 Å². The first kappa shape index (κ1) is 17.0. The number of nitrogens with one attached hydrogen (secondary N) is 2. The SMILES string of the molecule is O=[N+]([O-])c1cccc(Cc2cnc(NC(=S)Nc3ccccc3)s2)c1. The molecule has 3 aromatic rings. The lowest BCUT2D eigenvalue weighted by Gasteiger charge is -2.07. The molecular weight excluding hydrogens is 356 g/mol. The van der Waals surface area contributed by atoms with Crippen molar-refractivity contribution in [1.29, 1.82) is 0 Å². The van der Waals surface area contributed by atoms with Gasteiger partial charge in [0.1, 0.15) is 0 Å². The van der Waals surface area contributed by atoms with Crippen molar-refractivity contribution in [3.63, 3.8) is 0 Å². The summed E-state index contributed by atoms with van der Waals surface area (Å²) in [5.74, 6) is 0. The van der Waals surface area contributed by atoms with E-state index in [2.05, 4.69) is 15.6 Å². The van der Waals surface area contributed by atoms with Crippen LogP contribution in [0.4, 0.5) is 16.5 Å². The lowest BCUT2D eigenvalue weighted by atomic mass is 10.1. The first-order chi connectivity index (χ1) is 12.1. The Morgan fingerprint density at radius 1 is 1.16 bits per heavy atom. The van der Waals surface area contributed by atoms with Crippen LogP contribution < -0.4 is 10.6 Å². The Morgan fingerprint density at radius 2 is 1.96 bits per heavy atom. The van der Waals surface area contributed by atoms with Gasteiger partial charge in [-0.25, -0.2) is 4.98 Å². The highest BCUT2D eigenvalue weighted by Gasteiger charge is 2.09. The third-order valence-corrected chi connectivity index (χ3v) is 4.42. The van der Waals surface area contributed by atoms with E-state index in [0.29, 0.717) is 16.7 Å². The van der Waals surface area contributed by atoms with E-state index < -0.39 is 4.92 Å². The number of nitro benzene ring substituents is 1. The van der Waals surface area contributed by atoms with Crippen molar-refractivity contribution in [2.45, 2.75) is 6.42 Å². The third kappa shape index (κ3) is 4.82. The molecule has 126 valence electrons. The van der Waals surface area contributed by atoms with Crippen LogP contribution >= 0.6 is 23.6 Å². The number of nitrogens with zero attached hydrogens (tertiary/aromatic N) is 2. The number of hydrogen-bond acceptors (Lipinski definition) is 5. The number of para-hydroxylation sites is 1. The Morgan fingerprint density at radius 3 is 2.72 bits per heavy atom.